The summed E-state index contributed by atoms with van der Waals surface area (Å²) in [4.78, 5) is 32.6. The molecule has 0 aliphatic heterocycles. The maximum Gasteiger partial charge on any atom is 1.00 e. The van der Waals surface area contributed by atoms with Gasteiger partial charge in [0, 0.05) is 18.8 Å². The van der Waals surface area contributed by atoms with Crippen LogP contribution in [0.25, 0.3) is 0 Å². The van der Waals surface area contributed by atoms with E-state index in [-0.39, 0.29) is 57.8 Å². The van der Waals surface area contributed by atoms with Crippen molar-refractivity contribution in [2.75, 3.05) is 0 Å². The fraction of sp³-hybridized carbons (Fsp3) is 0.750. The van der Waals surface area contributed by atoms with Gasteiger partial charge in [-0.1, -0.05) is 32.6 Å². The Morgan fingerprint density at radius 2 is 1.74 bits per heavy atom. The van der Waals surface area contributed by atoms with Gasteiger partial charge in [-0.05, 0) is 6.42 Å². The topological polar surface area (TPSA) is 110 Å². The molecule has 0 aliphatic rings. The molecular weight excluding hydrogens is 277 g/mol. The molecule has 0 spiro atoms. The summed E-state index contributed by atoms with van der Waals surface area (Å²) in [7, 11) is 0. The number of carbonyl (C=O) groups is 3. The zero-order valence-corrected chi connectivity index (χ0v) is 14.8. The molecule has 104 valence electrons. The van der Waals surface area contributed by atoms with E-state index in [4.69, 9.17) is 5.73 Å². The van der Waals surface area contributed by atoms with E-state index in [0.717, 1.165) is 25.7 Å². The van der Waals surface area contributed by atoms with Crippen LogP contribution in [-0.4, -0.2) is 23.9 Å². The minimum Gasteiger partial charge on any atom is -0.550 e. The number of hydrogen-bond donors (Lipinski definition) is 1. The predicted molar refractivity (Wildman–Crippen MR) is 62.1 cm³/mol. The SMILES string of the molecule is CCCCCCCC(=O)OC(=O)C(N)CC(=O)[O-].[K+]. The first-order chi connectivity index (χ1) is 8.47. The van der Waals surface area contributed by atoms with Gasteiger partial charge in [0.1, 0.15) is 6.04 Å². The second-order valence-corrected chi connectivity index (χ2v) is 4.14. The van der Waals surface area contributed by atoms with Crippen molar-refractivity contribution in [3.8, 4) is 0 Å². The van der Waals surface area contributed by atoms with Crippen LogP contribution in [0.3, 0.4) is 0 Å². The van der Waals surface area contributed by atoms with Gasteiger partial charge < -0.3 is 20.4 Å². The van der Waals surface area contributed by atoms with Crippen LogP contribution in [0.15, 0.2) is 0 Å². The van der Waals surface area contributed by atoms with E-state index >= 15 is 0 Å². The largest absolute Gasteiger partial charge is 1.00 e. The van der Waals surface area contributed by atoms with E-state index in [0.29, 0.717) is 6.42 Å². The number of carboxylic acid groups (broad SMARTS) is 1. The fourth-order valence-corrected chi connectivity index (χ4v) is 1.37. The first-order valence-corrected chi connectivity index (χ1v) is 6.17. The number of rotatable bonds is 9. The van der Waals surface area contributed by atoms with E-state index in [2.05, 4.69) is 11.7 Å². The zero-order chi connectivity index (χ0) is 14.0. The Morgan fingerprint density at radius 1 is 1.16 bits per heavy atom. The fourth-order valence-electron chi connectivity index (χ4n) is 1.37. The van der Waals surface area contributed by atoms with Crippen LogP contribution in [0.4, 0.5) is 0 Å². The van der Waals surface area contributed by atoms with Crippen molar-refractivity contribution in [3.63, 3.8) is 0 Å². The molecule has 0 bridgehead atoms. The third kappa shape index (κ3) is 13.0. The van der Waals surface area contributed by atoms with Crippen LogP contribution < -0.4 is 62.2 Å². The summed E-state index contributed by atoms with van der Waals surface area (Å²) in [5.41, 5.74) is 5.21. The number of carbonyl (C=O) groups excluding carboxylic acids is 3. The van der Waals surface area contributed by atoms with Crippen molar-refractivity contribution >= 4 is 17.9 Å². The van der Waals surface area contributed by atoms with Gasteiger partial charge in [0.25, 0.3) is 0 Å². The Kier molecular flexibility index (Phi) is 14.9. The van der Waals surface area contributed by atoms with Crippen molar-refractivity contribution in [1.82, 2.24) is 0 Å². The molecule has 0 fully saturated rings. The van der Waals surface area contributed by atoms with Gasteiger partial charge >= 0.3 is 63.3 Å². The number of esters is 2. The van der Waals surface area contributed by atoms with E-state index in [1.54, 1.807) is 0 Å². The Bertz CT molecular complexity index is 296. The molecule has 0 saturated heterocycles. The number of nitrogens with two attached hydrogens (primary N) is 1. The maximum atomic E-state index is 11.2. The van der Waals surface area contributed by atoms with Gasteiger partial charge in [-0.3, -0.25) is 4.79 Å². The molecule has 0 heterocycles. The quantitative estimate of drug-likeness (QED) is 0.209. The van der Waals surface area contributed by atoms with Crippen molar-refractivity contribution in [3.05, 3.63) is 0 Å². The summed E-state index contributed by atoms with van der Waals surface area (Å²) < 4.78 is 4.43. The van der Waals surface area contributed by atoms with Crippen LogP contribution in [0.1, 0.15) is 51.9 Å². The van der Waals surface area contributed by atoms with Crippen molar-refractivity contribution in [1.29, 1.82) is 0 Å². The van der Waals surface area contributed by atoms with Crippen LogP contribution in [0.5, 0.6) is 0 Å². The van der Waals surface area contributed by atoms with E-state index in [9.17, 15) is 19.5 Å². The second kappa shape index (κ2) is 13.2. The summed E-state index contributed by atoms with van der Waals surface area (Å²) >= 11 is 0. The second-order valence-electron chi connectivity index (χ2n) is 4.14. The van der Waals surface area contributed by atoms with Crippen LogP contribution in [0.2, 0.25) is 0 Å². The standard InChI is InChI=1S/C12H21NO5.K/c1-2-3-4-5-6-7-11(16)18-12(17)9(13)8-10(14)15;/h9H,2-8,13H2,1H3,(H,14,15);/q;+1/p-1. The number of hydrogen-bond acceptors (Lipinski definition) is 6. The van der Waals surface area contributed by atoms with Crippen molar-refractivity contribution < 1.29 is 75.6 Å². The Balaban J connectivity index is 0. The Labute approximate surface area is 155 Å². The maximum absolute atomic E-state index is 11.2. The number of aliphatic carboxylic acids is 1. The van der Waals surface area contributed by atoms with Gasteiger partial charge in [-0.25, -0.2) is 4.79 Å². The predicted octanol–water partition coefficient (Wildman–Crippen LogP) is -3.11. The Hall–Kier alpha value is 0.206. The van der Waals surface area contributed by atoms with Gasteiger partial charge in [-0.2, -0.15) is 0 Å². The first kappa shape index (κ1) is 21.5. The molecule has 0 aliphatic carbocycles. The molecule has 0 amide bonds. The summed E-state index contributed by atoms with van der Waals surface area (Å²) in [6.07, 6.45) is 4.33. The average Bonchev–Trinajstić information content (AvgIpc) is 2.27. The Morgan fingerprint density at radius 3 is 2.26 bits per heavy atom. The first-order valence-electron chi connectivity index (χ1n) is 6.17. The number of carboxylic acids is 1. The molecular formula is C12H20KNO5. The summed E-state index contributed by atoms with van der Waals surface area (Å²) in [5, 5.41) is 10.2. The summed E-state index contributed by atoms with van der Waals surface area (Å²) in [6.45, 7) is 2.09. The van der Waals surface area contributed by atoms with E-state index in [1.165, 1.54) is 0 Å². The number of unbranched alkanes of at least 4 members (excludes halogenated alkanes) is 4. The average molecular weight is 297 g/mol. The van der Waals surface area contributed by atoms with E-state index in [1.807, 2.05) is 0 Å². The van der Waals surface area contributed by atoms with Gasteiger partial charge in [0.05, 0.1) is 0 Å². The zero-order valence-electron chi connectivity index (χ0n) is 11.6. The molecule has 0 aromatic carbocycles. The number of ether oxygens (including phenoxy) is 1. The van der Waals surface area contributed by atoms with E-state index < -0.39 is 30.4 Å². The minimum atomic E-state index is -1.45. The van der Waals surface area contributed by atoms with Crippen molar-refractivity contribution in [2.45, 2.75) is 57.9 Å². The normalized spacial score (nSPS) is 11.3. The third-order valence-corrected chi connectivity index (χ3v) is 2.39. The minimum absolute atomic E-state index is 0. The molecule has 6 nitrogen and oxygen atoms in total. The smallest absolute Gasteiger partial charge is 0.550 e. The van der Waals surface area contributed by atoms with Gasteiger partial charge in [0.15, 0.2) is 0 Å². The molecule has 0 radical (unpaired) electrons. The van der Waals surface area contributed by atoms with Crippen LogP contribution in [0, 0.1) is 0 Å². The van der Waals surface area contributed by atoms with Crippen LogP contribution in [-0.2, 0) is 19.1 Å². The monoisotopic (exact) mass is 297 g/mol. The van der Waals surface area contributed by atoms with Crippen molar-refractivity contribution in [2.24, 2.45) is 5.73 Å². The molecule has 2 N–H and O–H groups in total. The summed E-state index contributed by atoms with van der Waals surface area (Å²) in [6, 6.07) is -1.35. The molecule has 1 atom stereocenters. The molecule has 0 aromatic heterocycles. The van der Waals surface area contributed by atoms with Crippen LogP contribution >= 0.6 is 0 Å². The molecule has 0 rings (SSSR count). The van der Waals surface area contributed by atoms with Gasteiger partial charge in [-0.15, -0.1) is 0 Å². The molecule has 0 saturated carbocycles. The molecule has 7 heteroatoms. The van der Waals surface area contributed by atoms with Gasteiger partial charge in [0.2, 0.25) is 0 Å². The molecule has 1 unspecified atom stereocenters. The summed E-state index contributed by atoms with van der Waals surface area (Å²) in [5.74, 6) is -3.13. The molecule has 0 aromatic rings. The molecule has 19 heavy (non-hydrogen) atoms. The third-order valence-electron chi connectivity index (χ3n) is 2.39.